The van der Waals surface area contributed by atoms with Gasteiger partial charge in [-0.15, -0.1) is 0 Å². The summed E-state index contributed by atoms with van der Waals surface area (Å²) in [5.41, 5.74) is 4.93. The van der Waals surface area contributed by atoms with Crippen LogP contribution in [0.1, 0.15) is 38.5 Å². The molecule has 1 amide bonds. The van der Waals surface area contributed by atoms with Crippen molar-refractivity contribution >= 4 is 11.7 Å². The summed E-state index contributed by atoms with van der Waals surface area (Å²) < 4.78 is 5.65. The van der Waals surface area contributed by atoms with Crippen LogP contribution in [0.2, 0.25) is 0 Å². The van der Waals surface area contributed by atoms with Gasteiger partial charge in [0.2, 0.25) is 5.91 Å². The van der Waals surface area contributed by atoms with Crippen LogP contribution in [0.15, 0.2) is 5.16 Å². The first-order valence-electron chi connectivity index (χ1n) is 6.95. The Bertz CT molecular complexity index is 360. The molecule has 1 aliphatic heterocycles. The number of hydrogen-bond donors (Lipinski definition) is 2. The number of ether oxygens (including phenoxy) is 1. The molecule has 2 fully saturated rings. The van der Waals surface area contributed by atoms with E-state index in [1.807, 2.05) is 0 Å². The fraction of sp³-hybridized carbons (Fsp3) is 0.846. The lowest BCUT2D eigenvalue weighted by Gasteiger charge is -2.42. The van der Waals surface area contributed by atoms with Gasteiger partial charge in [0.25, 0.3) is 0 Å². The van der Waals surface area contributed by atoms with E-state index in [1.54, 1.807) is 11.9 Å². The zero-order valence-corrected chi connectivity index (χ0v) is 11.5. The Kier molecular flexibility index (Phi) is 4.29. The van der Waals surface area contributed by atoms with Crippen LogP contribution in [0.3, 0.4) is 0 Å². The Labute approximate surface area is 113 Å². The zero-order chi connectivity index (χ0) is 13.9. The lowest BCUT2D eigenvalue weighted by Crippen LogP contribution is -2.55. The van der Waals surface area contributed by atoms with Crippen LogP contribution in [0.4, 0.5) is 0 Å². The molecule has 3 N–H and O–H groups in total. The smallest absolute Gasteiger partial charge is 0.236 e. The Morgan fingerprint density at radius 2 is 2.21 bits per heavy atom. The largest absolute Gasteiger partial charge is 0.409 e. The van der Waals surface area contributed by atoms with Crippen molar-refractivity contribution in [3.63, 3.8) is 0 Å². The van der Waals surface area contributed by atoms with Crippen molar-refractivity contribution in [3.8, 4) is 0 Å². The number of carbonyl (C=O) groups is 1. The quantitative estimate of drug-likeness (QED) is 0.344. The average molecular weight is 269 g/mol. The van der Waals surface area contributed by atoms with Crippen molar-refractivity contribution in [3.05, 3.63) is 0 Å². The van der Waals surface area contributed by atoms with Gasteiger partial charge in [-0.25, -0.2) is 0 Å². The Hall–Kier alpha value is -1.30. The van der Waals surface area contributed by atoms with Crippen molar-refractivity contribution in [1.82, 2.24) is 4.90 Å². The first-order chi connectivity index (χ1) is 9.10. The molecule has 1 saturated heterocycles. The molecule has 1 atom stereocenters. The molecular weight excluding hydrogens is 246 g/mol. The lowest BCUT2D eigenvalue weighted by atomic mass is 9.67. The summed E-state index contributed by atoms with van der Waals surface area (Å²) >= 11 is 0. The van der Waals surface area contributed by atoms with Crippen molar-refractivity contribution < 1.29 is 14.7 Å². The van der Waals surface area contributed by atoms with E-state index in [2.05, 4.69) is 5.16 Å². The second-order valence-corrected chi connectivity index (χ2v) is 5.60. The highest BCUT2D eigenvalue weighted by Crippen LogP contribution is 2.42. The van der Waals surface area contributed by atoms with Gasteiger partial charge >= 0.3 is 0 Å². The molecule has 2 aliphatic rings. The molecule has 0 bridgehead atoms. The Morgan fingerprint density at radius 3 is 2.68 bits per heavy atom. The number of nitrogens with zero attached hydrogens (tertiary/aromatic N) is 2. The van der Waals surface area contributed by atoms with Gasteiger partial charge < -0.3 is 20.6 Å². The fourth-order valence-corrected chi connectivity index (χ4v) is 2.91. The fourth-order valence-electron chi connectivity index (χ4n) is 2.91. The molecule has 108 valence electrons. The molecule has 1 unspecified atom stereocenters. The number of rotatable bonds is 4. The summed E-state index contributed by atoms with van der Waals surface area (Å²) in [6.45, 7) is 1.36. The van der Waals surface area contributed by atoms with Gasteiger partial charge in [-0.2, -0.15) is 0 Å². The SMILES string of the molecule is CN(CC1CCCCO1)C(=O)C1(C(N)=NO)CCC1. The minimum Gasteiger partial charge on any atom is -0.409 e. The molecule has 1 saturated carbocycles. The third-order valence-corrected chi connectivity index (χ3v) is 4.31. The first-order valence-corrected chi connectivity index (χ1v) is 6.95. The molecule has 0 aromatic carbocycles. The molecular formula is C13H23N3O3. The molecule has 0 spiro atoms. The maximum Gasteiger partial charge on any atom is 0.236 e. The number of nitrogens with two attached hydrogens (primary N) is 1. The van der Waals surface area contributed by atoms with E-state index < -0.39 is 5.41 Å². The number of amidine groups is 1. The van der Waals surface area contributed by atoms with E-state index in [-0.39, 0.29) is 17.8 Å². The first kappa shape index (κ1) is 14.1. The van der Waals surface area contributed by atoms with E-state index >= 15 is 0 Å². The molecule has 1 heterocycles. The van der Waals surface area contributed by atoms with Crippen LogP contribution < -0.4 is 5.73 Å². The van der Waals surface area contributed by atoms with Gasteiger partial charge in [-0.05, 0) is 32.1 Å². The Morgan fingerprint density at radius 1 is 1.47 bits per heavy atom. The van der Waals surface area contributed by atoms with Crippen LogP contribution in [0.5, 0.6) is 0 Å². The highest BCUT2D eigenvalue weighted by atomic mass is 16.5. The summed E-state index contributed by atoms with van der Waals surface area (Å²) in [6, 6.07) is 0. The van der Waals surface area contributed by atoms with Crippen LogP contribution >= 0.6 is 0 Å². The number of carbonyl (C=O) groups excluding carboxylic acids is 1. The third kappa shape index (κ3) is 2.68. The number of likely N-dealkylation sites (N-methyl/N-ethyl adjacent to an activating group) is 1. The molecule has 2 rings (SSSR count). The van der Waals surface area contributed by atoms with Crippen LogP contribution in [0, 0.1) is 5.41 Å². The van der Waals surface area contributed by atoms with Crippen LogP contribution in [-0.4, -0.2) is 48.2 Å². The van der Waals surface area contributed by atoms with Gasteiger partial charge in [-0.1, -0.05) is 11.6 Å². The summed E-state index contributed by atoms with van der Waals surface area (Å²) in [5.74, 6) is -0.0108. The molecule has 0 aromatic rings. The maximum absolute atomic E-state index is 12.5. The molecule has 6 nitrogen and oxygen atoms in total. The van der Waals surface area contributed by atoms with Crippen LogP contribution in [-0.2, 0) is 9.53 Å². The minimum absolute atomic E-state index is 0.0418. The zero-order valence-electron chi connectivity index (χ0n) is 11.5. The number of hydrogen-bond acceptors (Lipinski definition) is 4. The molecule has 1 aliphatic carbocycles. The van der Waals surface area contributed by atoms with E-state index in [0.717, 1.165) is 32.3 Å². The topological polar surface area (TPSA) is 88.2 Å². The second kappa shape index (κ2) is 5.77. The maximum atomic E-state index is 12.5. The average Bonchev–Trinajstić information content (AvgIpc) is 2.38. The van der Waals surface area contributed by atoms with E-state index in [4.69, 9.17) is 15.7 Å². The summed E-state index contributed by atoms with van der Waals surface area (Å²) in [4.78, 5) is 14.2. The molecule has 0 radical (unpaired) electrons. The predicted molar refractivity (Wildman–Crippen MR) is 70.9 cm³/mol. The summed E-state index contributed by atoms with van der Waals surface area (Å²) in [6.07, 6.45) is 5.63. The Balaban J connectivity index is 1.97. The standard InChI is InChI=1S/C13H23N3O3/c1-16(9-10-5-2-3-8-19-10)12(17)13(6-4-7-13)11(14)15-18/h10,18H,2-9H2,1H3,(H2,14,15). The summed E-state index contributed by atoms with van der Waals surface area (Å²) in [5, 5.41) is 11.9. The molecule has 6 heteroatoms. The minimum atomic E-state index is -0.780. The van der Waals surface area contributed by atoms with E-state index in [9.17, 15) is 4.79 Å². The lowest BCUT2D eigenvalue weighted by molar-refractivity contribution is -0.143. The van der Waals surface area contributed by atoms with Gasteiger partial charge in [0.15, 0.2) is 5.84 Å². The normalized spacial score (nSPS) is 26.6. The molecule has 0 aromatic heterocycles. The highest BCUT2D eigenvalue weighted by molar-refractivity contribution is 6.07. The predicted octanol–water partition coefficient (Wildman–Crippen LogP) is 0.931. The van der Waals surface area contributed by atoms with Crippen molar-refractivity contribution in [2.24, 2.45) is 16.3 Å². The van der Waals surface area contributed by atoms with Gasteiger partial charge in [0.05, 0.1) is 6.10 Å². The van der Waals surface area contributed by atoms with Gasteiger partial charge in [-0.3, -0.25) is 4.79 Å². The second-order valence-electron chi connectivity index (χ2n) is 5.60. The summed E-state index contributed by atoms with van der Waals surface area (Å²) in [7, 11) is 1.77. The highest BCUT2D eigenvalue weighted by Gasteiger charge is 2.49. The van der Waals surface area contributed by atoms with Crippen LogP contribution in [0.25, 0.3) is 0 Å². The van der Waals surface area contributed by atoms with E-state index in [1.165, 1.54) is 0 Å². The number of amides is 1. The van der Waals surface area contributed by atoms with Crippen molar-refractivity contribution in [2.45, 2.75) is 44.6 Å². The third-order valence-electron chi connectivity index (χ3n) is 4.31. The van der Waals surface area contributed by atoms with Crippen molar-refractivity contribution in [1.29, 1.82) is 0 Å². The molecule has 19 heavy (non-hydrogen) atoms. The monoisotopic (exact) mass is 269 g/mol. The number of oxime groups is 1. The van der Waals surface area contributed by atoms with Gasteiger partial charge in [0, 0.05) is 20.2 Å². The van der Waals surface area contributed by atoms with E-state index in [0.29, 0.717) is 19.4 Å². The van der Waals surface area contributed by atoms with Crippen molar-refractivity contribution in [2.75, 3.05) is 20.2 Å². The van der Waals surface area contributed by atoms with Gasteiger partial charge in [0.1, 0.15) is 5.41 Å².